The normalized spacial score (nSPS) is 14.9. The summed E-state index contributed by atoms with van der Waals surface area (Å²) in [6.45, 7) is 3.42. The predicted molar refractivity (Wildman–Crippen MR) is 102 cm³/mol. The van der Waals surface area contributed by atoms with E-state index in [1.54, 1.807) is 16.7 Å². The molecule has 1 aliphatic heterocycles. The number of aromatic nitrogens is 1. The Labute approximate surface area is 163 Å². The predicted octanol–water partition coefficient (Wildman–Crippen LogP) is 2.32. The molecule has 0 spiro atoms. The maximum absolute atomic E-state index is 13.0. The van der Waals surface area contributed by atoms with Gasteiger partial charge in [-0.15, -0.1) is 0 Å². The highest BCUT2D eigenvalue weighted by atomic mass is 19.1. The molecule has 1 fully saturated rings. The van der Waals surface area contributed by atoms with Gasteiger partial charge in [-0.2, -0.15) is 0 Å². The van der Waals surface area contributed by atoms with Crippen molar-refractivity contribution in [2.45, 2.75) is 39.5 Å². The molecule has 6 nitrogen and oxygen atoms in total. The van der Waals surface area contributed by atoms with E-state index in [0.717, 1.165) is 31.5 Å². The van der Waals surface area contributed by atoms with E-state index < -0.39 is 0 Å². The first kappa shape index (κ1) is 20.1. The summed E-state index contributed by atoms with van der Waals surface area (Å²) in [7, 11) is 0. The first-order chi connectivity index (χ1) is 13.5. The van der Waals surface area contributed by atoms with Gasteiger partial charge in [-0.3, -0.25) is 9.59 Å². The molecule has 1 amide bonds. The lowest BCUT2D eigenvalue weighted by molar-refractivity contribution is -0.133. The topological polar surface area (TPSA) is 71.8 Å². The number of benzene rings is 1. The standard InChI is InChI=1S/C21H25FN2O4/c1-15-6-8-23(9-7-15)21(27)12-24-11-20(19(26)10-18(24)13-25)28-14-16-2-4-17(22)5-3-16/h2-5,10-11,15,25H,6-9,12-14H2,1H3. The molecule has 0 unspecified atom stereocenters. The lowest BCUT2D eigenvalue weighted by Gasteiger charge is -2.30. The monoisotopic (exact) mass is 388 g/mol. The molecule has 1 aromatic heterocycles. The second-order valence-electron chi connectivity index (χ2n) is 7.26. The zero-order valence-corrected chi connectivity index (χ0v) is 15.9. The fourth-order valence-electron chi connectivity index (χ4n) is 3.23. The van der Waals surface area contributed by atoms with Crippen LogP contribution in [-0.2, 0) is 24.6 Å². The maximum Gasteiger partial charge on any atom is 0.242 e. The van der Waals surface area contributed by atoms with Gasteiger partial charge in [0, 0.05) is 24.8 Å². The zero-order valence-electron chi connectivity index (χ0n) is 15.9. The van der Waals surface area contributed by atoms with E-state index in [4.69, 9.17) is 4.74 Å². The van der Waals surface area contributed by atoms with Gasteiger partial charge in [0.15, 0.2) is 5.75 Å². The van der Waals surface area contributed by atoms with E-state index in [9.17, 15) is 19.1 Å². The largest absolute Gasteiger partial charge is 0.483 e. The summed E-state index contributed by atoms with van der Waals surface area (Å²) < 4.78 is 20.1. The molecule has 1 saturated heterocycles. The second kappa shape index (κ2) is 9.01. The fourth-order valence-corrected chi connectivity index (χ4v) is 3.23. The summed E-state index contributed by atoms with van der Waals surface area (Å²) in [4.78, 5) is 26.7. The SMILES string of the molecule is CC1CCN(C(=O)Cn2cc(OCc3ccc(F)cc3)c(=O)cc2CO)CC1. The van der Waals surface area contributed by atoms with Gasteiger partial charge in [0.2, 0.25) is 11.3 Å². The molecule has 1 aliphatic rings. The van der Waals surface area contributed by atoms with Crippen molar-refractivity contribution < 1.29 is 19.0 Å². The molecule has 0 bridgehead atoms. The minimum absolute atomic E-state index is 0.0391. The Morgan fingerprint density at radius 3 is 2.57 bits per heavy atom. The Hall–Kier alpha value is -2.67. The summed E-state index contributed by atoms with van der Waals surface area (Å²) >= 11 is 0. The summed E-state index contributed by atoms with van der Waals surface area (Å²) in [5.74, 6) is 0.316. The number of amides is 1. The van der Waals surface area contributed by atoms with Gasteiger partial charge in [-0.25, -0.2) is 4.39 Å². The first-order valence-electron chi connectivity index (χ1n) is 9.45. The number of pyridine rings is 1. The lowest BCUT2D eigenvalue weighted by atomic mass is 9.99. The molecule has 3 rings (SSSR count). The van der Waals surface area contributed by atoms with Crippen LogP contribution in [0.15, 0.2) is 41.3 Å². The van der Waals surface area contributed by atoms with Crippen LogP contribution in [0.5, 0.6) is 5.75 Å². The molecule has 0 atom stereocenters. The van der Waals surface area contributed by atoms with Crippen molar-refractivity contribution in [2.75, 3.05) is 13.1 Å². The number of piperidine rings is 1. The Morgan fingerprint density at radius 2 is 1.93 bits per heavy atom. The highest BCUT2D eigenvalue weighted by Gasteiger charge is 2.21. The second-order valence-corrected chi connectivity index (χ2v) is 7.26. The number of aliphatic hydroxyl groups is 1. The van der Waals surface area contributed by atoms with Crippen LogP contribution < -0.4 is 10.2 Å². The average Bonchev–Trinajstić information content (AvgIpc) is 2.69. The Morgan fingerprint density at radius 1 is 1.25 bits per heavy atom. The van der Waals surface area contributed by atoms with Gasteiger partial charge in [0.05, 0.1) is 12.8 Å². The Kier molecular flexibility index (Phi) is 6.46. The number of hydrogen-bond acceptors (Lipinski definition) is 4. The van der Waals surface area contributed by atoms with Gasteiger partial charge < -0.3 is 19.3 Å². The lowest BCUT2D eigenvalue weighted by Crippen LogP contribution is -2.40. The minimum atomic E-state index is -0.373. The number of aliphatic hydroxyl groups excluding tert-OH is 1. The molecule has 28 heavy (non-hydrogen) atoms. The minimum Gasteiger partial charge on any atom is -0.483 e. The molecule has 7 heteroatoms. The van der Waals surface area contributed by atoms with E-state index in [2.05, 4.69) is 6.92 Å². The molecule has 0 saturated carbocycles. The van der Waals surface area contributed by atoms with Gasteiger partial charge >= 0.3 is 0 Å². The Balaban J connectivity index is 1.73. The summed E-state index contributed by atoms with van der Waals surface area (Å²) in [6.07, 6.45) is 3.42. The third-order valence-corrected chi connectivity index (χ3v) is 5.09. The summed E-state index contributed by atoms with van der Waals surface area (Å²) in [6, 6.07) is 7.09. The molecule has 0 radical (unpaired) electrons. The van der Waals surface area contributed by atoms with Gasteiger partial charge in [0.1, 0.15) is 19.0 Å². The van der Waals surface area contributed by atoms with E-state index in [1.165, 1.54) is 24.4 Å². The number of nitrogens with zero attached hydrogens (tertiary/aromatic N) is 2. The highest BCUT2D eigenvalue weighted by Crippen LogP contribution is 2.17. The molecule has 1 N–H and O–H groups in total. The first-order valence-corrected chi connectivity index (χ1v) is 9.45. The van der Waals surface area contributed by atoms with Crippen molar-refractivity contribution in [1.29, 1.82) is 0 Å². The quantitative estimate of drug-likeness (QED) is 0.824. The van der Waals surface area contributed by atoms with Gasteiger partial charge in [-0.05, 0) is 36.5 Å². The molecule has 0 aliphatic carbocycles. The van der Waals surface area contributed by atoms with Crippen LogP contribution in [0.3, 0.4) is 0 Å². The van der Waals surface area contributed by atoms with E-state index in [-0.39, 0.29) is 42.7 Å². The summed E-state index contributed by atoms with van der Waals surface area (Å²) in [5.41, 5.74) is 0.705. The number of carbonyl (C=O) groups is 1. The number of likely N-dealkylation sites (tertiary alicyclic amines) is 1. The molecular weight excluding hydrogens is 363 g/mol. The number of carbonyl (C=O) groups excluding carboxylic acids is 1. The van der Waals surface area contributed by atoms with E-state index in [1.807, 2.05) is 4.90 Å². The average molecular weight is 388 g/mol. The van der Waals surface area contributed by atoms with Crippen molar-refractivity contribution in [3.8, 4) is 5.75 Å². The van der Waals surface area contributed by atoms with Crippen molar-refractivity contribution >= 4 is 5.91 Å². The number of hydrogen-bond donors (Lipinski definition) is 1. The van der Waals surface area contributed by atoms with Gasteiger partial charge in [0.25, 0.3) is 0 Å². The van der Waals surface area contributed by atoms with Crippen LogP contribution in [0.2, 0.25) is 0 Å². The molecule has 2 heterocycles. The number of rotatable bonds is 6. The van der Waals surface area contributed by atoms with Crippen molar-refractivity contribution in [2.24, 2.45) is 5.92 Å². The Bertz CT molecular complexity index is 871. The fraction of sp³-hybridized carbons (Fsp3) is 0.429. The molecule has 150 valence electrons. The summed E-state index contributed by atoms with van der Waals surface area (Å²) in [5, 5.41) is 9.56. The molecule has 1 aromatic carbocycles. The van der Waals surface area contributed by atoms with Crippen LogP contribution >= 0.6 is 0 Å². The van der Waals surface area contributed by atoms with Crippen LogP contribution in [0.4, 0.5) is 4.39 Å². The van der Waals surface area contributed by atoms with Crippen molar-refractivity contribution in [3.63, 3.8) is 0 Å². The molecular formula is C21H25FN2O4. The number of halogens is 1. The highest BCUT2D eigenvalue weighted by molar-refractivity contribution is 5.76. The third-order valence-electron chi connectivity index (χ3n) is 5.09. The van der Waals surface area contributed by atoms with Crippen molar-refractivity contribution in [3.05, 3.63) is 63.8 Å². The van der Waals surface area contributed by atoms with Crippen LogP contribution in [0.1, 0.15) is 31.0 Å². The van der Waals surface area contributed by atoms with Crippen LogP contribution in [-0.4, -0.2) is 33.6 Å². The number of ether oxygens (including phenoxy) is 1. The van der Waals surface area contributed by atoms with Crippen LogP contribution in [0, 0.1) is 11.7 Å². The van der Waals surface area contributed by atoms with Crippen molar-refractivity contribution in [1.82, 2.24) is 9.47 Å². The molecule has 2 aromatic rings. The zero-order chi connectivity index (χ0) is 20.1. The van der Waals surface area contributed by atoms with E-state index >= 15 is 0 Å². The van der Waals surface area contributed by atoms with Gasteiger partial charge in [-0.1, -0.05) is 19.1 Å². The van der Waals surface area contributed by atoms with E-state index in [0.29, 0.717) is 11.6 Å². The van der Waals surface area contributed by atoms with Crippen LogP contribution in [0.25, 0.3) is 0 Å². The maximum atomic E-state index is 13.0. The smallest absolute Gasteiger partial charge is 0.242 e. The third kappa shape index (κ3) is 4.98.